The fourth-order valence-electron chi connectivity index (χ4n) is 3.44. The van der Waals surface area contributed by atoms with Gasteiger partial charge in [0, 0.05) is 12.1 Å². The molecule has 0 saturated carbocycles. The Kier molecular flexibility index (Phi) is 8.27. The molecule has 180 valence electrons. The van der Waals surface area contributed by atoms with Crippen molar-refractivity contribution in [3.63, 3.8) is 0 Å². The van der Waals surface area contributed by atoms with Crippen molar-refractivity contribution in [1.29, 1.82) is 5.26 Å². The number of non-ortho nitro benzene ring substituents is 1. The van der Waals surface area contributed by atoms with E-state index in [-0.39, 0.29) is 24.1 Å². The topological polar surface area (TPSA) is 114 Å². The Morgan fingerprint density at radius 3 is 2.50 bits per heavy atom. The van der Waals surface area contributed by atoms with Crippen LogP contribution in [-0.4, -0.2) is 21.0 Å². The molecule has 1 saturated heterocycles. The Balaban J connectivity index is 1.51. The number of ether oxygens (including phenoxy) is 1. The Morgan fingerprint density at radius 1 is 1.08 bits per heavy atom. The molecule has 0 aliphatic carbocycles. The number of imide groups is 1. The van der Waals surface area contributed by atoms with Crippen LogP contribution in [0, 0.1) is 28.6 Å². The summed E-state index contributed by atoms with van der Waals surface area (Å²) in [7, 11) is 0. The van der Waals surface area contributed by atoms with E-state index in [1.165, 1.54) is 12.1 Å². The number of carbonyl (C=O) groups is 2. The van der Waals surface area contributed by atoms with Crippen molar-refractivity contribution >= 4 is 79.9 Å². The molecule has 0 radical (unpaired) electrons. The Morgan fingerprint density at radius 2 is 1.81 bits per heavy atom. The fraction of sp³-hybridized carbons (Fsp3) is 0.0800. The number of thioether (sulfide) groups is 1. The highest BCUT2D eigenvalue weighted by atomic mass is 127. The van der Waals surface area contributed by atoms with Gasteiger partial charge in [-0.05, 0) is 97.9 Å². The second kappa shape index (κ2) is 11.4. The molecule has 11 heteroatoms. The maximum atomic E-state index is 13.0. The van der Waals surface area contributed by atoms with Gasteiger partial charge in [-0.2, -0.15) is 5.26 Å². The average molecular weight is 723 g/mol. The Hall–Kier alpha value is -2.96. The summed E-state index contributed by atoms with van der Waals surface area (Å²) in [5, 5.41) is 19.9. The van der Waals surface area contributed by atoms with Crippen LogP contribution >= 0.6 is 56.9 Å². The van der Waals surface area contributed by atoms with E-state index in [2.05, 4.69) is 51.3 Å². The standard InChI is InChI=1S/C25H15I2N3O5S/c26-20-9-16(10-21(27)23(20)35-14-15-4-3-7-19(8-15)30(33)34)11-22-24(31)29(25(32)36-22)13-18-6-2-1-5-17(18)12-28/h1-11H,13-14H2/b22-11+. The van der Waals surface area contributed by atoms with Crippen molar-refractivity contribution in [2.45, 2.75) is 13.2 Å². The molecule has 1 aliphatic heterocycles. The first kappa shape index (κ1) is 26.1. The predicted molar refractivity (Wildman–Crippen MR) is 152 cm³/mol. The predicted octanol–water partition coefficient (Wildman–Crippen LogP) is 6.49. The third-order valence-electron chi connectivity index (χ3n) is 5.16. The molecule has 1 heterocycles. The number of benzene rings is 3. The third-order valence-corrected chi connectivity index (χ3v) is 7.67. The van der Waals surface area contributed by atoms with Gasteiger partial charge in [-0.3, -0.25) is 24.6 Å². The van der Waals surface area contributed by atoms with E-state index in [4.69, 9.17) is 4.74 Å². The van der Waals surface area contributed by atoms with Crippen LogP contribution in [0.2, 0.25) is 0 Å². The number of hydrogen-bond acceptors (Lipinski definition) is 7. The van der Waals surface area contributed by atoms with Crippen LogP contribution in [0.15, 0.2) is 65.6 Å². The first-order valence-electron chi connectivity index (χ1n) is 10.4. The SMILES string of the molecule is N#Cc1ccccc1CN1C(=O)S/C(=C/c2cc(I)c(OCc3cccc([N+](=O)[O-])c3)c(I)c2)C1=O. The second-order valence-electron chi connectivity index (χ2n) is 7.57. The van der Waals surface area contributed by atoms with Gasteiger partial charge in [-0.1, -0.05) is 30.3 Å². The minimum Gasteiger partial charge on any atom is -0.487 e. The number of nitriles is 1. The molecule has 0 atom stereocenters. The lowest BCUT2D eigenvalue weighted by atomic mass is 10.1. The normalized spacial score (nSPS) is 14.2. The molecule has 0 unspecified atom stereocenters. The van der Waals surface area contributed by atoms with E-state index in [9.17, 15) is 25.0 Å². The number of nitro groups is 1. The molecular weight excluding hydrogens is 708 g/mol. The van der Waals surface area contributed by atoms with Crippen molar-refractivity contribution in [3.8, 4) is 11.8 Å². The van der Waals surface area contributed by atoms with Crippen LogP contribution in [0.4, 0.5) is 10.5 Å². The number of carbonyl (C=O) groups excluding carboxylic acids is 2. The van der Waals surface area contributed by atoms with E-state index < -0.39 is 10.8 Å². The maximum absolute atomic E-state index is 13.0. The molecular formula is C25H15I2N3O5S. The first-order valence-corrected chi connectivity index (χ1v) is 13.3. The molecule has 1 fully saturated rings. The fourth-order valence-corrected chi connectivity index (χ4v) is 6.41. The van der Waals surface area contributed by atoms with Crippen LogP contribution in [0.5, 0.6) is 5.75 Å². The molecule has 3 aromatic carbocycles. The maximum Gasteiger partial charge on any atom is 0.293 e. The molecule has 0 N–H and O–H groups in total. The molecule has 3 aromatic rings. The average Bonchev–Trinajstić information content (AvgIpc) is 3.11. The molecule has 1 aliphatic rings. The van der Waals surface area contributed by atoms with Crippen molar-refractivity contribution < 1.29 is 19.2 Å². The number of nitro benzene ring substituents is 1. The van der Waals surface area contributed by atoms with Gasteiger partial charge in [0.25, 0.3) is 16.8 Å². The summed E-state index contributed by atoms with van der Waals surface area (Å²) in [4.78, 5) is 37.5. The van der Waals surface area contributed by atoms with Crippen molar-refractivity contribution in [3.05, 3.63) is 105 Å². The van der Waals surface area contributed by atoms with Crippen LogP contribution in [0.3, 0.4) is 0 Å². The lowest BCUT2D eigenvalue weighted by molar-refractivity contribution is -0.384. The number of nitrogens with zero attached hydrogens (tertiary/aromatic N) is 3. The largest absolute Gasteiger partial charge is 0.487 e. The third kappa shape index (κ3) is 5.88. The van der Waals surface area contributed by atoms with E-state index in [1.54, 1.807) is 42.5 Å². The van der Waals surface area contributed by atoms with Crippen molar-refractivity contribution in [2.75, 3.05) is 0 Å². The minimum atomic E-state index is -0.449. The van der Waals surface area contributed by atoms with Gasteiger partial charge in [0.05, 0.1) is 35.1 Å². The van der Waals surface area contributed by atoms with E-state index in [1.807, 2.05) is 12.1 Å². The first-order chi connectivity index (χ1) is 17.3. The lowest BCUT2D eigenvalue weighted by Gasteiger charge is -2.13. The minimum absolute atomic E-state index is 0.000834. The Bertz CT molecular complexity index is 1450. The zero-order chi connectivity index (χ0) is 25.8. The van der Waals surface area contributed by atoms with Crippen molar-refractivity contribution in [1.82, 2.24) is 4.90 Å². The summed E-state index contributed by atoms with van der Waals surface area (Å²) in [6, 6.07) is 18.9. The quantitative estimate of drug-likeness (QED) is 0.119. The van der Waals surface area contributed by atoms with Gasteiger partial charge in [0.15, 0.2) is 0 Å². The van der Waals surface area contributed by atoms with E-state index >= 15 is 0 Å². The van der Waals surface area contributed by atoms with Crippen LogP contribution in [0.25, 0.3) is 6.08 Å². The highest BCUT2D eigenvalue weighted by molar-refractivity contribution is 14.1. The summed E-state index contributed by atoms with van der Waals surface area (Å²) in [5.41, 5.74) is 2.44. The summed E-state index contributed by atoms with van der Waals surface area (Å²) in [5.74, 6) is 0.217. The molecule has 2 amide bonds. The molecule has 0 aromatic heterocycles. The smallest absolute Gasteiger partial charge is 0.293 e. The molecule has 36 heavy (non-hydrogen) atoms. The van der Waals surface area contributed by atoms with Gasteiger partial charge in [-0.15, -0.1) is 0 Å². The summed E-state index contributed by atoms with van der Waals surface area (Å²) >= 11 is 5.12. The number of halogens is 2. The van der Waals surface area contributed by atoms with Crippen LogP contribution < -0.4 is 4.74 Å². The van der Waals surface area contributed by atoms with E-state index in [0.717, 1.165) is 29.4 Å². The summed E-state index contributed by atoms with van der Waals surface area (Å²) in [6.07, 6.45) is 1.66. The summed E-state index contributed by atoms with van der Waals surface area (Å²) in [6.45, 7) is 0.196. The van der Waals surface area contributed by atoms with Gasteiger partial charge in [-0.25, -0.2) is 0 Å². The summed E-state index contributed by atoms with van der Waals surface area (Å²) < 4.78 is 7.52. The number of amides is 2. The molecule has 0 bridgehead atoms. The van der Waals surface area contributed by atoms with Crippen molar-refractivity contribution in [2.24, 2.45) is 0 Å². The van der Waals surface area contributed by atoms with Gasteiger partial charge in [0.2, 0.25) is 0 Å². The highest BCUT2D eigenvalue weighted by Gasteiger charge is 2.35. The highest BCUT2D eigenvalue weighted by Crippen LogP contribution is 2.36. The number of rotatable bonds is 7. The molecule has 8 nitrogen and oxygen atoms in total. The Labute approximate surface area is 237 Å². The van der Waals surface area contributed by atoms with Gasteiger partial charge in [0.1, 0.15) is 12.4 Å². The van der Waals surface area contributed by atoms with Crippen LogP contribution in [-0.2, 0) is 17.9 Å². The molecule has 4 rings (SSSR count). The van der Waals surface area contributed by atoms with E-state index in [0.29, 0.717) is 27.3 Å². The lowest BCUT2D eigenvalue weighted by Crippen LogP contribution is -2.27. The monoisotopic (exact) mass is 723 g/mol. The van der Waals surface area contributed by atoms with Gasteiger partial charge >= 0.3 is 0 Å². The zero-order valence-electron chi connectivity index (χ0n) is 18.3. The zero-order valence-corrected chi connectivity index (χ0v) is 23.4. The second-order valence-corrected chi connectivity index (χ2v) is 10.9. The molecule has 0 spiro atoms. The van der Waals surface area contributed by atoms with Crippen LogP contribution in [0.1, 0.15) is 22.3 Å². The van der Waals surface area contributed by atoms with Gasteiger partial charge < -0.3 is 4.74 Å². The number of hydrogen-bond donors (Lipinski definition) is 0.